The maximum Gasteiger partial charge on any atom is 0.237 e. The van der Waals surface area contributed by atoms with E-state index in [9.17, 15) is 13.2 Å². The van der Waals surface area contributed by atoms with Crippen LogP contribution in [0.5, 0.6) is 0 Å². The van der Waals surface area contributed by atoms with Crippen LogP contribution in [0.25, 0.3) is 0 Å². The summed E-state index contributed by atoms with van der Waals surface area (Å²) in [5.41, 5.74) is 0.334. The smallest absolute Gasteiger partial charge is 0.237 e. The molecule has 0 atom stereocenters. The van der Waals surface area contributed by atoms with E-state index < -0.39 is 10.0 Å². The van der Waals surface area contributed by atoms with Crippen LogP contribution in [0.4, 0.5) is 5.13 Å². The van der Waals surface area contributed by atoms with Gasteiger partial charge in [-0.05, 0) is 12.8 Å². The molecule has 1 heterocycles. The summed E-state index contributed by atoms with van der Waals surface area (Å²) in [6.07, 6.45) is 1.79. The summed E-state index contributed by atoms with van der Waals surface area (Å²) in [7, 11) is -3.27. The van der Waals surface area contributed by atoms with Gasteiger partial charge in [0.25, 0.3) is 0 Å². The van der Waals surface area contributed by atoms with Crippen LogP contribution in [-0.2, 0) is 10.0 Å². The molecule has 1 N–H and O–H groups in total. The number of carbonyl (C=O) groups excluding carboxylic acids is 1. The Bertz CT molecular complexity index is 503. The molecule has 5 nitrogen and oxygen atoms in total. The van der Waals surface area contributed by atoms with Crippen LogP contribution in [-0.4, -0.2) is 24.4 Å². The number of hydrogen-bond acceptors (Lipinski definition) is 5. The Balaban J connectivity index is 2.11. The SMILES string of the molecule is CCC(=O)c1csc(NS(=O)(=O)C2CC2)n1. The average molecular weight is 260 g/mol. The largest absolute Gasteiger partial charge is 0.292 e. The average Bonchev–Trinajstić information content (AvgIpc) is 3.00. The van der Waals surface area contributed by atoms with Crippen molar-refractivity contribution in [2.45, 2.75) is 31.4 Å². The molecule has 1 saturated carbocycles. The van der Waals surface area contributed by atoms with Crippen LogP contribution < -0.4 is 4.72 Å². The molecule has 0 bridgehead atoms. The van der Waals surface area contributed by atoms with Crippen molar-refractivity contribution in [3.05, 3.63) is 11.1 Å². The topological polar surface area (TPSA) is 76.1 Å². The molecular formula is C9H12N2O3S2. The monoisotopic (exact) mass is 260 g/mol. The molecule has 1 aromatic heterocycles. The van der Waals surface area contributed by atoms with Crippen molar-refractivity contribution < 1.29 is 13.2 Å². The number of nitrogens with zero attached hydrogens (tertiary/aromatic N) is 1. The Kier molecular flexibility index (Phi) is 2.98. The molecule has 0 radical (unpaired) electrons. The zero-order chi connectivity index (χ0) is 11.8. The lowest BCUT2D eigenvalue weighted by Gasteiger charge is -2.01. The van der Waals surface area contributed by atoms with E-state index in [1.807, 2.05) is 0 Å². The minimum absolute atomic E-state index is 0.0758. The van der Waals surface area contributed by atoms with Crippen LogP contribution in [0.15, 0.2) is 5.38 Å². The van der Waals surface area contributed by atoms with E-state index >= 15 is 0 Å². The number of rotatable bonds is 5. The number of hydrogen-bond donors (Lipinski definition) is 1. The van der Waals surface area contributed by atoms with Crippen molar-refractivity contribution in [1.82, 2.24) is 4.98 Å². The number of anilines is 1. The first-order chi connectivity index (χ1) is 7.53. The zero-order valence-corrected chi connectivity index (χ0v) is 10.4. The summed E-state index contributed by atoms with van der Waals surface area (Å²) < 4.78 is 25.6. The number of carbonyl (C=O) groups is 1. The van der Waals surface area contributed by atoms with E-state index in [0.29, 0.717) is 25.0 Å². The van der Waals surface area contributed by atoms with Crippen LogP contribution in [0.1, 0.15) is 36.7 Å². The lowest BCUT2D eigenvalue weighted by Crippen LogP contribution is -2.17. The maximum absolute atomic E-state index is 11.6. The zero-order valence-electron chi connectivity index (χ0n) is 8.76. The molecule has 1 aliphatic carbocycles. The predicted octanol–water partition coefficient (Wildman–Crippen LogP) is 1.64. The van der Waals surface area contributed by atoms with E-state index in [1.54, 1.807) is 12.3 Å². The number of sulfonamides is 1. The first-order valence-corrected chi connectivity index (χ1v) is 7.46. The van der Waals surface area contributed by atoms with Gasteiger partial charge in [0.2, 0.25) is 10.0 Å². The van der Waals surface area contributed by atoms with E-state index in [-0.39, 0.29) is 16.2 Å². The summed E-state index contributed by atoms with van der Waals surface area (Å²) in [6.45, 7) is 1.75. The minimum Gasteiger partial charge on any atom is -0.292 e. The van der Waals surface area contributed by atoms with Gasteiger partial charge in [-0.1, -0.05) is 6.92 Å². The van der Waals surface area contributed by atoms with Crippen molar-refractivity contribution in [2.24, 2.45) is 0 Å². The second-order valence-electron chi connectivity index (χ2n) is 3.66. The molecule has 1 fully saturated rings. The third-order valence-electron chi connectivity index (χ3n) is 2.30. The molecule has 1 aromatic rings. The number of ketones is 1. The fourth-order valence-corrected chi connectivity index (χ4v) is 3.52. The molecule has 16 heavy (non-hydrogen) atoms. The van der Waals surface area contributed by atoms with Gasteiger partial charge in [0.15, 0.2) is 10.9 Å². The molecule has 0 aromatic carbocycles. The Labute approximate surface area is 97.9 Å². The first-order valence-electron chi connectivity index (χ1n) is 5.03. The van der Waals surface area contributed by atoms with Crippen molar-refractivity contribution in [2.75, 3.05) is 4.72 Å². The van der Waals surface area contributed by atoms with Gasteiger partial charge >= 0.3 is 0 Å². The van der Waals surface area contributed by atoms with Gasteiger partial charge in [-0.15, -0.1) is 11.3 Å². The number of aromatic nitrogens is 1. The van der Waals surface area contributed by atoms with Gasteiger partial charge in [0.05, 0.1) is 5.25 Å². The molecule has 2 rings (SSSR count). The minimum atomic E-state index is -3.27. The highest BCUT2D eigenvalue weighted by molar-refractivity contribution is 7.93. The Morgan fingerprint density at radius 1 is 1.62 bits per heavy atom. The second kappa shape index (κ2) is 4.14. The summed E-state index contributed by atoms with van der Waals surface area (Å²) in [5.74, 6) is -0.0758. The van der Waals surface area contributed by atoms with Gasteiger partial charge in [-0.3, -0.25) is 9.52 Å². The highest BCUT2D eigenvalue weighted by Crippen LogP contribution is 2.30. The molecule has 88 valence electrons. The van der Waals surface area contributed by atoms with Gasteiger partial charge in [0.1, 0.15) is 5.69 Å². The van der Waals surface area contributed by atoms with E-state index in [4.69, 9.17) is 0 Å². The molecule has 0 amide bonds. The number of nitrogens with one attached hydrogen (secondary N) is 1. The van der Waals surface area contributed by atoms with Gasteiger partial charge < -0.3 is 0 Å². The molecule has 1 aliphatic rings. The third-order valence-corrected chi connectivity index (χ3v) is 5.02. The standard InChI is InChI=1S/C9H12N2O3S2/c1-2-8(12)7-5-15-9(10-7)11-16(13,14)6-3-4-6/h5-6H,2-4H2,1H3,(H,10,11). The Morgan fingerprint density at radius 2 is 2.31 bits per heavy atom. The summed E-state index contributed by atoms with van der Waals surface area (Å²) >= 11 is 1.14. The Hall–Kier alpha value is -0.950. The second-order valence-corrected chi connectivity index (χ2v) is 6.48. The Morgan fingerprint density at radius 3 is 2.88 bits per heavy atom. The summed E-state index contributed by atoms with van der Waals surface area (Å²) in [4.78, 5) is 15.3. The van der Waals surface area contributed by atoms with E-state index in [1.165, 1.54) is 0 Å². The van der Waals surface area contributed by atoms with Crippen LogP contribution in [0.3, 0.4) is 0 Å². The van der Waals surface area contributed by atoms with Crippen LogP contribution >= 0.6 is 11.3 Å². The van der Waals surface area contributed by atoms with E-state index in [2.05, 4.69) is 9.71 Å². The lowest BCUT2D eigenvalue weighted by atomic mass is 10.2. The number of Topliss-reactive ketones (excluding diaryl/α,β-unsaturated/α-hetero) is 1. The quantitative estimate of drug-likeness (QED) is 0.816. The fraction of sp³-hybridized carbons (Fsp3) is 0.556. The molecule has 0 spiro atoms. The van der Waals surface area contributed by atoms with Gasteiger partial charge in [0, 0.05) is 11.8 Å². The van der Waals surface area contributed by atoms with Crippen LogP contribution in [0, 0.1) is 0 Å². The molecule has 0 aliphatic heterocycles. The number of thiazole rings is 1. The lowest BCUT2D eigenvalue weighted by molar-refractivity contribution is 0.0984. The van der Waals surface area contributed by atoms with Crippen LogP contribution in [0.2, 0.25) is 0 Å². The fourth-order valence-electron chi connectivity index (χ4n) is 1.21. The van der Waals surface area contributed by atoms with Gasteiger partial charge in [-0.2, -0.15) is 0 Å². The maximum atomic E-state index is 11.6. The van der Waals surface area contributed by atoms with Crippen molar-refractivity contribution in [1.29, 1.82) is 0 Å². The van der Waals surface area contributed by atoms with Crippen molar-refractivity contribution in [3.63, 3.8) is 0 Å². The normalized spacial score (nSPS) is 16.1. The van der Waals surface area contributed by atoms with E-state index in [0.717, 1.165) is 11.3 Å². The molecule has 7 heteroatoms. The highest BCUT2D eigenvalue weighted by atomic mass is 32.2. The summed E-state index contributed by atoms with van der Waals surface area (Å²) in [6, 6.07) is 0. The first kappa shape index (κ1) is 11.5. The summed E-state index contributed by atoms with van der Waals surface area (Å²) in [5, 5.41) is 1.58. The van der Waals surface area contributed by atoms with Gasteiger partial charge in [-0.25, -0.2) is 13.4 Å². The third kappa shape index (κ3) is 2.41. The van der Waals surface area contributed by atoms with Crippen molar-refractivity contribution in [3.8, 4) is 0 Å². The molecule has 0 saturated heterocycles. The predicted molar refractivity (Wildman–Crippen MR) is 62.3 cm³/mol. The molecule has 0 unspecified atom stereocenters. The molecular weight excluding hydrogens is 248 g/mol. The van der Waals surface area contributed by atoms with Crippen molar-refractivity contribution >= 4 is 32.3 Å². The highest BCUT2D eigenvalue weighted by Gasteiger charge is 2.36.